The topological polar surface area (TPSA) is 93.0 Å². The van der Waals surface area contributed by atoms with Gasteiger partial charge in [-0.05, 0) is 16.7 Å². The van der Waals surface area contributed by atoms with Crippen LogP contribution in [-0.2, 0) is 4.74 Å². The van der Waals surface area contributed by atoms with E-state index in [4.69, 9.17) is 15.0 Å². The predicted octanol–water partition coefficient (Wildman–Crippen LogP) is 3.49. The molecule has 0 fully saturated rings. The number of hydrogen-bond acceptors (Lipinski definition) is 5. The highest BCUT2D eigenvalue weighted by Crippen LogP contribution is 2.26. The van der Waals surface area contributed by atoms with Crippen LogP contribution in [0.15, 0.2) is 41.8 Å². The zero-order chi connectivity index (χ0) is 16.7. The standard InChI is InChI=1S/C15H16FN5O2/c1-22-14(13(7-16)20-21-17)11-5-3-10(4-6-11)12-8-18-15(23-2)19-9-12/h3-6,8-9,13-14H,7H2,1-2H3/t13-,14-/m1/s1. The summed E-state index contributed by atoms with van der Waals surface area (Å²) < 4.78 is 23.2. The minimum Gasteiger partial charge on any atom is -0.467 e. The Hall–Kier alpha value is -2.70. The highest BCUT2D eigenvalue weighted by Gasteiger charge is 2.22. The van der Waals surface area contributed by atoms with Crippen LogP contribution in [-0.4, -0.2) is 36.9 Å². The van der Waals surface area contributed by atoms with Crippen molar-refractivity contribution in [3.8, 4) is 17.1 Å². The fourth-order valence-corrected chi connectivity index (χ4v) is 2.19. The summed E-state index contributed by atoms with van der Waals surface area (Å²) in [6.07, 6.45) is 2.66. The lowest BCUT2D eigenvalue weighted by atomic mass is 10.00. The van der Waals surface area contributed by atoms with Crippen molar-refractivity contribution in [2.24, 2.45) is 5.11 Å². The van der Waals surface area contributed by atoms with Crippen LogP contribution in [0.2, 0.25) is 0 Å². The normalized spacial score (nSPS) is 13.0. The summed E-state index contributed by atoms with van der Waals surface area (Å²) in [6.45, 7) is -0.795. The molecule has 0 aliphatic rings. The van der Waals surface area contributed by atoms with Crippen molar-refractivity contribution in [2.75, 3.05) is 20.9 Å². The molecule has 2 rings (SSSR count). The van der Waals surface area contributed by atoms with E-state index in [9.17, 15) is 4.39 Å². The average Bonchev–Trinajstić information content (AvgIpc) is 2.62. The van der Waals surface area contributed by atoms with E-state index >= 15 is 0 Å². The summed E-state index contributed by atoms with van der Waals surface area (Å²) in [4.78, 5) is 10.8. The fourth-order valence-electron chi connectivity index (χ4n) is 2.19. The summed E-state index contributed by atoms with van der Waals surface area (Å²) in [5, 5.41) is 3.44. The van der Waals surface area contributed by atoms with Crippen molar-refractivity contribution in [1.82, 2.24) is 9.97 Å². The third-order valence-corrected chi connectivity index (χ3v) is 3.34. The molecule has 0 bridgehead atoms. The molecular weight excluding hydrogens is 301 g/mol. The van der Waals surface area contributed by atoms with E-state index in [1.165, 1.54) is 14.2 Å². The number of methoxy groups -OCH3 is 2. The van der Waals surface area contributed by atoms with Gasteiger partial charge in [0, 0.05) is 30.0 Å². The fraction of sp³-hybridized carbons (Fsp3) is 0.333. The van der Waals surface area contributed by atoms with Gasteiger partial charge in [-0.25, -0.2) is 9.97 Å². The summed E-state index contributed by atoms with van der Waals surface area (Å²) in [7, 11) is 2.95. The molecule has 0 aliphatic heterocycles. The van der Waals surface area contributed by atoms with E-state index in [0.717, 1.165) is 16.7 Å². The molecule has 0 aliphatic carbocycles. The second-order valence-corrected chi connectivity index (χ2v) is 4.66. The number of ether oxygens (including phenoxy) is 2. The highest BCUT2D eigenvalue weighted by molar-refractivity contribution is 5.61. The van der Waals surface area contributed by atoms with Gasteiger partial charge >= 0.3 is 6.01 Å². The van der Waals surface area contributed by atoms with Gasteiger partial charge in [-0.2, -0.15) is 0 Å². The minimum atomic E-state index is -0.903. The number of azide groups is 1. The molecule has 8 heteroatoms. The molecule has 1 aromatic carbocycles. The lowest BCUT2D eigenvalue weighted by Gasteiger charge is -2.20. The predicted molar refractivity (Wildman–Crippen MR) is 82.7 cm³/mol. The molecule has 0 spiro atoms. The Kier molecular flexibility index (Phi) is 5.85. The molecule has 0 amide bonds. The van der Waals surface area contributed by atoms with Crippen molar-refractivity contribution in [3.05, 3.63) is 52.7 Å². The van der Waals surface area contributed by atoms with Crippen molar-refractivity contribution in [1.29, 1.82) is 0 Å². The number of halogens is 1. The van der Waals surface area contributed by atoms with Crippen LogP contribution in [0.1, 0.15) is 11.7 Å². The Morgan fingerprint density at radius 2 is 1.83 bits per heavy atom. The lowest BCUT2D eigenvalue weighted by Crippen LogP contribution is -2.20. The van der Waals surface area contributed by atoms with E-state index in [-0.39, 0.29) is 0 Å². The SMILES string of the molecule is COc1ncc(-c2ccc([C@@H](OC)[C@@H](CF)N=[N+]=[N-])cc2)cn1. The van der Waals surface area contributed by atoms with Crippen LogP contribution >= 0.6 is 0 Å². The van der Waals surface area contributed by atoms with Gasteiger partial charge in [0.05, 0.1) is 19.3 Å². The third-order valence-electron chi connectivity index (χ3n) is 3.34. The Balaban J connectivity index is 2.24. The molecule has 23 heavy (non-hydrogen) atoms. The average molecular weight is 317 g/mol. The molecule has 2 atom stereocenters. The molecule has 1 heterocycles. The van der Waals surface area contributed by atoms with Crippen molar-refractivity contribution in [3.63, 3.8) is 0 Å². The molecule has 0 unspecified atom stereocenters. The molecule has 120 valence electrons. The van der Waals surface area contributed by atoms with Gasteiger partial charge in [-0.1, -0.05) is 29.4 Å². The van der Waals surface area contributed by atoms with E-state index in [1.807, 2.05) is 12.1 Å². The maximum Gasteiger partial charge on any atom is 0.316 e. The van der Waals surface area contributed by atoms with Gasteiger partial charge in [-0.3, -0.25) is 4.39 Å². The summed E-state index contributed by atoms with van der Waals surface area (Å²) in [6, 6.07) is 6.67. The van der Waals surface area contributed by atoms with E-state index < -0.39 is 18.8 Å². The molecular formula is C15H16FN5O2. The first-order valence-corrected chi connectivity index (χ1v) is 6.82. The van der Waals surface area contributed by atoms with E-state index in [1.54, 1.807) is 24.5 Å². The molecule has 1 aromatic heterocycles. The molecule has 0 saturated heterocycles. The molecule has 2 aromatic rings. The Bertz CT molecular complexity index is 671. The summed E-state index contributed by atoms with van der Waals surface area (Å²) in [5.74, 6) is 0. The summed E-state index contributed by atoms with van der Waals surface area (Å²) in [5.41, 5.74) is 10.9. The van der Waals surface area contributed by atoms with Crippen LogP contribution in [0.25, 0.3) is 21.6 Å². The quantitative estimate of drug-likeness (QED) is 0.444. The first kappa shape index (κ1) is 16.7. The molecule has 0 N–H and O–H groups in total. The number of hydrogen-bond donors (Lipinski definition) is 0. The van der Waals surface area contributed by atoms with Gasteiger partial charge in [0.1, 0.15) is 6.67 Å². The Morgan fingerprint density at radius 1 is 1.17 bits per heavy atom. The largest absolute Gasteiger partial charge is 0.467 e. The van der Waals surface area contributed by atoms with Crippen molar-refractivity contribution in [2.45, 2.75) is 12.1 Å². The highest BCUT2D eigenvalue weighted by atomic mass is 19.1. The maximum absolute atomic E-state index is 13.0. The smallest absolute Gasteiger partial charge is 0.316 e. The third kappa shape index (κ3) is 3.94. The van der Waals surface area contributed by atoms with Crippen molar-refractivity contribution < 1.29 is 13.9 Å². The zero-order valence-electron chi connectivity index (χ0n) is 12.8. The van der Waals surface area contributed by atoms with Gasteiger partial charge in [-0.15, -0.1) is 0 Å². The zero-order valence-corrected chi connectivity index (χ0v) is 12.8. The number of nitrogens with zero attached hydrogens (tertiary/aromatic N) is 5. The van der Waals surface area contributed by atoms with Crippen LogP contribution in [0.3, 0.4) is 0 Å². The number of aromatic nitrogens is 2. The lowest BCUT2D eigenvalue weighted by molar-refractivity contribution is 0.0722. The molecule has 0 radical (unpaired) electrons. The van der Waals surface area contributed by atoms with Crippen molar-refractivity contribution >= 4 is 0 Å². The molecule has 0 saturated carbocycles. The Labute approximate surface area is 132 Å². The second-order valence-electron chi connectivity index (χ2n) is 4.66. The first-order valence-electron chi connectivity index (χ1n) is 6.82. The van der Waals surface area contributed by atoms with Crippen LogP contribution in [0.5, 0.6) is 6.01 Å². The van der Waals surface area contributed by atoms with E-state index in [0.29, 0.717) is 6.01 Å². The Morgan fingerprint density at radius 3 is 2.30 bits per heavy atom. The van der Waals surface area contributed by atoms with Gasteiger partial charge < -0.3 is 9.47 Å². The molecule has 7 nitrogen and oxygen atoms in total. The second kappa shape index (κ2) is 8.07. The van der Waals surface area contributed by atoms with E-state index in [2.05, 4.69) is 20.0 Å². The van der Waals surface area contributed by atoms with Crippen LogP contribution in [0, 0.1) is 0 Å². The van der Waals surface area contributed by atoms with Gasteiger partial charge in [0.15, 0.2) is 0 Å². The number of alkyl halides is 1. The van der Waals surface area contributed by atoms with Crippen LogP contribution in [0.4, 0.5) is 4.39 Å². The first-order chi connectivity index (χ1) is 11.2. The minimum absolute atomic E-state index is 0.296. The van der Waals surface area contributed by atoms with Gasteiger partial charge in [0.25, 0.3) is 0 Å². The number of benzene rings is 1. The summed E-state index contributed by atoms with van der Waals surface area (Å²) >= 11 is 0. The maximum atomic E-state index is 13.0. The van der Waals surface area contributed by atoms with Gasteiger partial charge in [0.2, 0.25) is 0 Å². The monoisotopic (exact) mass is 317 g/mol. The van der Waals surface area contributed by atoms with Crippen LogP contribution < -0.4 is 4.74 Å². The number of rotatable bonds is 7.